The molecule has 1 fully saturated rings. The number of nitrogens with zero attached hydrogens (tertiary/aromatic N) is 1. The smallest absolute Gasteiger partial charge is 0.0704 e. The fourth-order valence-electron chi connectivity index (χ4n) is 3.98. The van der Waals surface area contributed by atoms with Crippen LogP contribution >= 0.6 is 0 Å². The summed E-state index contributed by atoms with van der Waals surface area (Å²) in [5.41, 5.74) is 8.65. The van der Waals surface area contributed by atoms with Crippen molar-refractivity contribution in [2.75, 3.05) is 6.54 Å². The molecule has 0 spiro atoms. The quantitative estimate of drug-likeness (QED) is 0.909. The monoisotopic (exact) mass is 282 g/mol. The maximum Gasteiger partial charge on any atom is 0.0704 e. The summed E-state index contributed by atoms with van der Waals surface area (Å²) in [6, 6.07) is 10.8. The van der Waals surface area contributed by atoms with E-state index in [4.69, 9.17) is 5.73 Å². The SMILES string of the molecule is CC(C)C1CCC(CN)C(c2cccc3ncccc23)C1. The molecular formula is C19H26N2. The van der Waals surface area contributed by atoms with Gasteiger partial charge in [-0.3, -0.25) is 4.98 Å². The Hall–Kier alpha value is -1.41. The van der Waals surface area contributed by atoms with Crippen molar-refractivity contribution >= 4 is 10.9 Å². The highest BCUT2D eigenvalue weighted by molar-refractivity contribution is 5.82. The van der Waals surface area contributed by atoms with Crippen LogP contribution in [0.5, 0.6) is 0 Å². The molecule has 3 unspecified atom stereocenters. The molecule has 0 aliphatic heterocycles. The summed E-state index contributed by atoms with van der Waals surface area (Å²) < 4.78 is 0. The van der Waals surface area contributed by atoms with Crippen LogP contribution in [-0.4, -0.2) is 11.5 Å². The van der Waals surface area contributed by atoms with Gasteiger partial charge in [0.1, 0.15) is 0 Å². The number of aromatic nitrogens is 1. The summed E-state index contributed by atoms with van der Waals surface area (Å²) in [7, 11) is 0. The van der Waals surface area contributed by atoms with Crippen molar-refractivity contribution in [1.29, 1.82) is 0 Å². The number of hydrogen-bond donors (Lipinski definition) is 1. The lowest BCUT2D eigenvalue weighted by Crippen LogP contribution is -2.30. The Balaban J connectivity index is 2.01. The molecule has 1 aliphatic rings. The van der Waals surface area contributed by atoms with Gasteiger partial charge in [-0.25, -0.2) is 0 Å². The topological polar surface area (TPSA) is 38.9 Å². The van der Waals surface area contributed by atoms with Crippen LogP contribution in [0.3, 0.4) is 0 Å². The van der Waals surface area contributed by atoms with E-state index in [0.717, 1.165) is 23.9 Å². The molecule has 1 saturated carbocycles. The summed E-state index contributed by atoms with van der Waals surface area (Å²) in [5, 5.41) is 1.31. The molecule has 2 nitrogen and oxygen atoms in total. The number of pyridine rings is 1. The zero-order valence-electron chi connectivity index (χ0n) is 13.1. The Kier molecular flexibility index (Phi) is 4.25. The normalized spacial score (nSPS) is 26.4. The summed E-state index contributed by atoms with van der Waals surface area (Å²) >= 11 is 0. The van der Waals surface area contributed by atoms with Crippen LogP contribution in [-0.2, 0) is 0 Å². The number of benzene rings is 1. The van der Waals surface area contributed by atoms with E-state index in [0.29, 0.717) is 11.8 Å². The van der Waals surface area contributed by atoms with Gasteiger partial charge in [0, 0.05) is 11.6 Å². The third-order valence-electron chi connectivity index (χ3n) is 5.36. The van der Waals surface area contributed by atoms with Crippen molar-refractivity contribution in [3.05, 3.63) is 42.1 Å². The van der Waals surface area contributed by atoms with E-state index in [2.05, 4.69) is 43.1 Å². The Bertz CT molecular complexity index is 600. The van der Waals surface area contributed by atoms with Gasteiger partial charge in [0.25, 0.3) is 0 Å². The first-order valence-corrected chi connectivity index (χ1v) is 8.24. The van der Waals surface area contributed by atoms with E-state index >= 15 is 0 Å². The lowest BCUT2D eigenvalue weighted by atomic mass is 9.68. The van der Waals surface area contributed by atoms with Gasteiger partial charge in [-0.2, -0.15) is 0 Å². The van der Waals surface area contributed by atoms with Crippen molar-refractivity contribution in [3.63, 3.8) is 0 Å². The van der Waals surface area contributed by atoms with Crippen LogP contribution in [0, 0.1) is 17.8 Å². The second-order valence-electron chi connectivity index (χ2n) is 6.84. The first-order chi connectivity index (χ1) is 10.2. The Morgan fingerprint density at radius 1 is 1.19 bits per heavy atom. The fraction of sp³-hybridized carbons (Fsp3) is 0.526. The Morgan fingerprint density at radius 2 is 2.05 bits per heavy atom. The minimum absolute atomic E-state index is 0.587. The maximum absolute atomic E-state index is 6.08. The van der Waals surface area contributed by atoms with Gasteiger partial charge in [0.2, 0.25) is 0 Å². The molecule has 1 aliphatic carbocycles. The summed E-state index contributed by atoms with van der Waals surface area (Å²) in [5.74, 6) is 2.79. The van der Waals surface area contributed by atoms with E-state index in [-0.39, 0.29) is 0 Å². The summed E-state index contributed by atoms with van der Waals surface area (Å²) in [6.45, 7) is 5.51. The van der Waals surface area contributed by atoms with Gasteiger partial charge in [-0.05, 0) is 67.2 Å². The van der Waals surface area contributed by atoms with Gasteiger partial charge in [-0.1, -0.05) is 32.0 Å². The van der Waals surface area contributed by atoms with Gasteiger partial charge in [0.05, 0.1) is 5.52 Å². The largest absolute Gasteiger partial charge is 0.330 e. The Labute approximate surface area is 127 Å². The van der Waals surface area contributed by atoms with Crippen molar-refractivity contribution in [2.45, 2.75) is 39.0 Å². The predicted molar refractivity (Wildman–Crippen MR) is 89.2 cm³/mol. The molecule has 0 amide bonds. The molecule has 21 heavy (non-hydrogen) atoms. The van der Waals surface area contributed by atoms with Crippen LogP contribution in [0.1, 0.15) is 44.6 Å². The molecule has 1 aromatic carbocycles. The van der Waals surface area contributed by atoms with Gasteiger partial charge in [-0.15, -0.1) is 0 Å². The molecular weight excluding hydrogens is 256 g/mol. The molecule has 0 radical (unpaired) electrons. The predicted octanol–water partition coefficient (Wildman–Crippen LogP) is 4.35. The van der Waals surface area contributed by atoms with Gasteiger partial charge in [0.15, 0.2) is 0 Å². The highest BCUT2D eigenvalue weighted by Crippen LogP contribution is 2.44. The minimum Gasteiger partial charge on any atom is -0.330 e. The lowest BCUT2D eigenvalue weighted by molar-refractivity contribution is 0.198. The molecule has 112 valence electrons. The standard InChI is InChI=1S/C19H26N2/c1-13(2)14-8-9-15(12-20)18(11-14)16-5-3-7-19-17(16)6-4-10-21-19/h3-7,10,13-15,18H,8-9,11-12,20H2,1-2H3. The number of fused-ring (bicyclic) bond motifs is 1. The molecule has 2 aromatic rings. The molecule has 1 heterocycles. The maximum atomic E-state index is 6.08. The number of rotatable bonds is 3. The second-order valence-corrected chi connectivity index (χ2v) is 6.84. The highest BCUT2D eigenvalue weighted by atomic mass is 14.6. The van der Waals surface area contributed by atoms with Crippen LogP contribution in [0.15, 0.2) is 36.5 Å². The zero-order chi connectivity index (χ0) is 14.8. The molecule has 2 heteroatoms. The lowest BCUT2D eigenvalue weighted by Gasteiger charge is -2.38. The van der Waals surface area contributed by atoms with E-state index in [1.165, 1.54) is 30.2 Å². The molecule has 3 atom stereocenters. The van der Waals surface area contributed by atoms with Gasteiger partial charge >= 0.3 is 0 Å². The van der Waals surface area contributed by atoms with Crippen LogP contribution in [0.2, 0.25) is 0 Å². The first kappa shape index (κ1) is 14.5. The average molecular weight is 282 g/mol. The Morgan fingerprint density at radius 3 is 2.81 bits per heavy atom. The molecule has 2 N–H and O–H groups in total. The third-order valence-corrected chi connectivity index (χ3v) is 5.36. The third kappa shape index (κ3) is 2.82. The van der Waals surface area contributed by atoms with E-state index in [1.807, 2.05) is 12.3 Å². The van der Waals surface area contributed by atoms with Crippen LogP contribution < -0.4 is 5.73 Å². The molecule has 1 aromatic heterocycles. The first-order valence-electron chi connectivity index (χ1n) is 8.24. The fourth-order valence-corrected chi connectivity index (χ4v) is 3.98. The number of hydrogen-bond acceptors (Lipinski definition) is 2. The van der Waals surface area contributed by atoms with Crippen LogP contribution in [0.4, 0.5) is 0 Å². The van der Waals surface area contributed by atoms with Crippen LogP contribution in [0.25, 0.3) is 10.9 Å². The van der Waals surface area contributed by atoms with Crippen molar-refractivity contribution < 1.29 is 0 Å². The van der Waals surface area contributed by atoms with E-state index in [1.54, 1.807) is 0 Å². The minimum atomic E-state index is 0.587. The number of nitrogens with two attached hydrogens (primary N) is 1. The summed E-state index contributed by atoms with van der Waals surface area (Å²) in [4.78, 5) is 4.51. The zero-order valence-corrected chi connectivity index (χ0v) is 13.1. The highest BCUT2D eigenvalue weighted by Gasteiger charge is 2.32. The summed E-state index contributed by atoms with van der Waals surface area (Å²) in [6.07, 6.45) is 5.75. The average Bonchev–Trinajstić information content (AvgIpc) is 2.53. The van der Waals surface area contributed by atoms with E-state index in [9.17, 15) is 0 Å². The molecule has 0 saturated heterocycles. The van der Waals surface area contributed by atoms with Gasteiger partial charge < -0.3 is 5.73 Å². The van der Waals surface area contributed by atoms with Crippen molar-refractivity contribution in [2.24, 2.45) is 23.5 Å². The molecule has 3 rings (SSSR count). The second kappa shape index (κ2) is 6.15. The molecule has 0 bridgehead atoms. The van der Waals surface area contributed by atoms with Crippen molar-refractivity contribution in [1.82, 2.24) is 4.98 Å². The van der Waals surface area contributed by atoms with Crippen molar-refractivity contribution in [3.8, 4) is 0 Å². The van der Waals surface area contributed by atoms with E-state index < -0.39 is 0 Å².